The third-order valence-electron chi connectivity index (χ3n) is 1.48. The summed E-state index contributed by atoms with van der Waals surface area (Å²) in [5.74, 6) is 0.573. The predicted octanol–water partition coefficient (Wildman–Crippen LogP) is 2.01. The first-order chi connectivity index (χ1) is 5.24. The van der Waals surface area contributed by atoms with Crippen molar-refractivity contribution in [3.63, 3.8) is 0 Å². The topological polar surface area (TPSA) is 38.9 Å². The summed E-state index contributed by atoms with van der Waals surface area (Å²) in [6, 6.07) is 3.78. The van der Waals surface area contributed by atoms with E-state index in [9.17, 15) is 0 Å². The van der Waals surface area contributed by atoms with Gasteiger partial charge in [0, 0.05) is 0 Å². The number of nitrogens with two attached hydrogens (primary N) is 1. The van der Waals surface area contributed by atoms with Crippen molar-refractivity contribution in [3.8, 4) is 0 Å². The molecule has 1 rings (SSSR count). The number of nitrogen functional groups attached to an aromatic ring is 1. The molecule has 0 unspecified atom stereocenters. The molecule has 1 aromatic rings. The van der Waals surface area contributed by atoms with Crippen molar-refractivity contribution in [2.45, 2.75) is 13.8 Å². The Bertz CT molecular complexity index is 277. The van der Waals surface area contributed by atoms with Crippen LogP contribution in [0.4, 0.5) is 5.82 Å². The lowest BCUT2D eigenvalue weighted by Gasteiger charge is -1.99. The zero-order valence-electron chi connectivity index (χ0n) is 6.83. The second-order valence-electron chi connectivity index (χ2n) is 2.44. The van der Waals surface area contributed by atoms with Crippen molar-refractivity contribution in [1.29, 1.82) is 0 Å². The maximum absolute atomic E-state index is 5.51. The molecule has 0 aliphatic heterocycles. The molecule has 11 heavy (non-hydrogen) atoms. The smallest absolute Gasteiger partial charge is 0.124 e. The maximum atomic E-state index is 5.51. The van der Waals surface area contributed by atoms with Crippen molar-refractivity contribution >= 4 is 11.9 Å². The second kappa shape index (κ2) is 3.19. The van der Waals surface area contributed by atoms with Gasteiger partial charge in [-0.3, -0.25) is 0 Å². The molecule has 2 heteroatoms. The van der Waals surface area contributed by atoms with E-state index in [-0.39, 0.29) is 0 Å². The molecule has 58 valence electrons. The Morgan fingerprint density at radius 2 is 2.18 bits per heavy atom. The highest BCUT2D eigenvalue weighted by molar-refractivity contribution is 5.51. The predicted molar refractivity (Wildman–Crippen MR) is 48.1 cm³/mol. The summed E-state index contributed by atoms with van der Waals surface area (Å²) >= 11 is 0. The molecule has 0 aromatic carbocycles. The number of rotatable bonds is 1. The van der Waals surface area contributed by atoms with E-state index in [2.05, 4.69) is 4.98 Å². The van der Waals surface area contributed by atoms with Gasteiger partial charge in [0.05, 0.1) is 5.69 Å². The molecule has 2 N–H and O–H groups in total. The summed E-state index contributed by atoms with van der Waals surface area (Å²) < 4.78 is 0. The minimum absolute atomic E-state index is 0.573. The molecule has 0 atom stereocenters. The van der Waals surface area contributed by atoms with Gasteiger partial charge in [0.25, 0.3) is 0 Å². The van der Waals surface area contributed by atoms with E-state index in [0.717, 1.165) is 11.3 Å². The first-order valence-electron chi connectivity index (χ1n) is 3.60. The molecule has 0 radical (unpaired) electrons. The van der Waals surface area contributed by atoms with Crippen LogP contribution in [0.25, 0.3) is 6.08 Å². The molecule has 0 saturated carbocycles. The Kier molecular flexibility index (Phi) is 2.26. The molecule has 0 amide bonds. The van der Waals surface area contributed by atoms with Crippen LogP contribution in [0.3, 0.4) is 0 Å². The van der Waals surface area contributed by atoms with Crippen LogP contribution in [0.1, 0.15) is 18.2 Å². The van der Waals surface area contributed by atoms with Gasteiger partial charge in [0.1, 0.15) is 5.82 Å². The number of hydrogen-bond acceptors (Lipinski definition) is 2. The molecule has 0 fully saturated rings. The minimum Gasteiger partial charge on any atom is -0.384 e. The molecule has 0 spiro atoms. The highest BCUT2D eigenvalue weighted by atomic mass is 14.8. The lowest BCUT2D eigenvalue weighted by atomic mass is 10.2. The largest absolute Gasteiger partial charge is 0.384 e. The van der Waals surface area contributed by atoms with Gasteiger partial charge in [-0.05, 0) is 31.6 Å². The maximum Gasteiger partial charge on any atom is 0.124 e. The highest BCUT2D eigenvalue weighted by Gasteiger charge is 1.94. The minimum atomic E-state index is 0.573. The van der Waals surface area contributed by atoms with Crippen molar-refractivity contribution in [1.82, 2.24) is 4.98 Å². The zero-order chi connectivity index (χ0) is 8.27. The molecular formula is C9H12N2. The lowest BCUT2D eigenvalue weighted by Crippen LogP contribution is -1.93. The van der Waals surface area contributed by atoms with E-state index in [4.69, 9.17) is 5.73 Å². The fourth-order valence-corrected chi connectivity index (χ4v) is 0.887. The molecule has 0 aliphatic rings. The van der Waals surface area contributed by atoms with Crippen LogP contribution in [-0.4, -0.2) is 4.98 Å². The number of aromatic nitrogens is 1. The summed E-state index contributed by atoms with van der Waals surface area (Å²) in [4.78, 5) is 4.15. The lowest BCUT2D eigenvalue weighted by molar-refractivity contribution is 1.24. The molecule has 1 heterocycles. The Morgan fingerprint density at radius 1 is 1.45 bits per heavy atom. The number of anilines is 1. The van der Waals surface area contributed by atoms with E-state index >= 15 is 0 Å². The summed E-state index contributed by atoms with van der Waals surface area (Å²) in [5, 5.41) is 0. The normalized spacial score (nSPS) is 10.7. The van der Waals surface area contributed by atoms with E-state index in [0.29, 0.717) is 5.82 Å². The van der Waals surface area contributed by atoms with E-state index in [1.165, 1.54) is 0 Å². The third kappa shape index (κ3) is 1.80. The second-order valence-corrected chi connectivity index (χ2v) is 2.44. The molecule has 1 aromatic heterocycles. The van der Waals surface area contributed by atoms with Gasteiger partial charge in [0.15, 0.2) is 0 Å². The monoisotopic (exact) mass is 148 g/mol. The summed E-state index contributed by atoms with van der Waals surface area (Å²) in [5.41, 5.74) is 7.61. The average molecular weight is 148 g/mol. The molecule has 2 nitrogen and oxygen atoms in total. The van der Waals surface area contributed by atoms with E-state index < -0.39 is 0 Å². The molecular weight excluding hydrogens is 136 g/mol. The van der Waals surface area contributed by atoms with Gasteiger partial charge in [-0.1, -0.05) is 12.1 Å². The van der Waals surface area contributed by atoms with Crippen LogP contribution in [0, 0.1) is 6.92 Å². The van der Waals surface area contributed by atoms with Crippen LogP contribution < -0.4 is 5.73 Å². The number of aryl methyl sites for hydroxylation is 1. The third-order valence-corrected chi connectivity index (χ3v) is 1.48. The van der Waals surface area contributed by atoms with Gasteiger partial charge < -0.3 is 5.73 Å². The first-order valence-corrected chi connectivity index (χ1v) is 3.60. The number of nitrogens with zero attached hydrogens (tertiary/aromatic N) is 1. The Hall–Kier alpha value is -1.31. The fourth-order valence-electron chi connectivity index (χ4n) is 0.887. The zero-order valence-corrected chi connectivity index (χ0v) is 6.83. The van der Waals surface area contributed by atoms with Crippen LogP contribution in [0.5, 0.6) is 0 Å². The van der Waals surface area contributed by atoms with Gasteiger partial charge in [0.2, 0.25) is 0 Å². The van der Waals surface area contributed by atoms with Crippen LogP contribution in [0.15, 0.2) is 18.2 Å². The first kappa shape index (κ1) is 7.79. The van der Waals surface area contributed by atoms with Gasteiger partial charge >= 0.3 is 0 Å². The van der Waals surface area contributed by atoms with Crippen molar-refractivity contribution in [3.05, 3.63) is 29.5 Å². The number of hydrogen-bond donors (Lipinski definition) is 1. The Labute approximate surface area is 66.8 Å². The summed E-state index contributed by atoms with van der Waals surface area (Å²) in [7, 11) is 0. The van der Waals surface area contributed by atoms with Crippen LogP contribution in [0.2, 0.25) is 0 Å². The number of allylic oxidation sites excluding steroid dienone is 1. The quantitative estimate of drug-likeness (QED) is 0.661. The summed E-state index contributed by atoms with van der Waals surface area (Å²) in [6.45, 7) is 3.98. The van der Waals surface area contributed by atoms with E-state index in [1.807, 2.05) is 38.1 Å². The highest BCUT2D eigenvalue weighted by Crippen LogP contribution is 2.08. The average Bonchev–Trinajstić information content (AvgIpc) is 1.98. The Balaban J connectivity index is 3.12. The Morgan fingerprint density at radius 3 is 2.82 bits per heavy atom. The molecule has 0 bridgehead atoms. The number of pyridine rings is 1. The molecule has 0 saturated heterocycles. The van der Waals surface area contributed by atoms with Gasteiger partial charge in [-0.2, -0.15) is 0 Å². The SMILES string of the molecule is C/C=C\c1nc(N)ccc1C. The van der Waals surface area contributed by atoms with Crippen LogP contribution in [-0.2, 0) is 0 Å². The standard InChI is InChI=1S/C9H12N2/c1-3-4-8-7(2)5-6-9(10)11-8/h3-6H,1-2H3,(H2,10,11)/b4-3-. The molecule has 0 aliphatic carbocycles. The van der Waals surface area contributed by atoms with Gasteiger partial charge in [-0.15, -0.1) is 0 Å². The van der Waals surface area contributed by atoms with Crippen LogP contribution >= 0.6 is 0 Å². The van der Waals surface area contributed by atoms with E-state index in [1.54, 1.807) is 0 Å². The fraction of sp³-hybridized carbons (Fsp3) is 0.222. The van der Waals surface area contributed by atoms with Gasteiger partial charge in [-0.25, -0.2) is 4.98 Å². The van der Waals surface area contributed by atoms with Crippen molar-refractivity contribution in [2.24, 2.45) is 0 Å². The van der Waals surface area contributed by atoms with Crippen molar-refractivity contribution < 1.29 is 0 Å². The van der Waals surface area contributed by atoms with Crippen molar-refractivity contribution in [2.75, 3.05) is 5.73 Å². The summed E-state index contributed by atoms with van der Waals surface area (Å²) in [6.07, 6.45) is 3.90.